The zero-order valence-corrected chi connectivity index (χ0v) is 14.9. The molecule has 5 heteroatoms. The molecule has 22 heavy (non-hydrogen) atoms. The molecule has 2 aliphatic heterocycles. The Morgan fingerprint density at radius 3 is 2.59 bits per heavy atom. The normalized spacial score (nSPS) is 30.7. The van der Waals surface area contributed by atoms with Crippen LogP contribution in [0.3, 0.4) is 0 Å². The maximum Gasteiger partial charge on any atom is 0.191 e. The van der Waals surface area contributed by atoms with E-state index in [9.17, 15) is 0 Å². The Morgan fingerprint density at radius 2 is 1.91 bits per heavy atom. The fourth-order valence-electron chi connectivity index (χ4n) is 4.37. The van der Waals surface area contributed by atoms with Crippen LogP contribution in [0.2, 0.25) is 0 Å². The molecule has 1 atom stereocenters. The molecule has 3 fully saturated rings. The first-order valence-corrected chi connectivity index (χ1v) is 10.2. The molecule has 2 saturated heterocycles. The Labute approximate surface area is 139 Å². The third-order valence-corrected chi connectivity index (χ3v) is 6.68. The van der Waals surface area contributed by atoms with E-state index >= 15 is 0 Å². The van der Waals surface area contributed by atoms with E-state index in [1.165, 1.54) is 63.1 Å². The first kappa shape index (κ1) is 16.4. The summed E-state index contributed by atoms with van der Waals surface area (Å²) in [5, 5.41) is 0. The molecule has 1 aliphatic carbocycles. The van der Waals surface area contributed by atoms with Crippen LogP contribution in [-0.4, -0.2) is 65.5 Å². The van der Waals surface area contributed by atoms with E-state index in [0.717, 1.165) is 31.5 Å². The predicted octanol–water partition coefficient (Wildman–Crippen LogP) is 2.39. The van der Waals surface area contributed by atoms with Crippen molar-refractivity contribution in [2.24, 2.45) is 16.6 Å². The van der Waals surface area contributed by atoms with Gasteiger partial charge in [-0.25, -0.2) is 0 Å². The number of hydrogen-bond donors (Lipinski definition) is 1. The minimum Gasteiger partial charge on any atom is -0.370 e. The molecule has 3 aliphatic rings. The number of thioether (sulfide) groups is 1. The highest BCUT2D eigenvalue weighted by Gasteiger charge is 2.40. The zero-order valence-electron chi connectivity index (χ0n) is 14.1. The molecule has 0 aromatic heterocycles. The van der Waals surface area contributed by atoms with Gasteiger partial charge in [0.25, 0.3) is 0 Å². The van der Waals surface area contributed by atoms with E-state index in [2.05, 4.69) is 28.5 Å². The lowest BCUT2D eigenvalue weighted by molar-refractivity contribution is 0.112. The van der Waals surface area contributed by atoms with Gasteiger partial charge in [-0.1, -0.05) is 19.8 Å². The number of nitrogens with two attached hydrogens (primary N) is 1. The fourth-order valence-corrected chi connectivity index (χ4v) is 5.27. The van der Waals surface area contributed by atoms with E-state index in [1.807, 2.05) is 0 Å². The summed E-state index contributed by atoms with van der Waals surface area (Å²) in [4.78, 5) is 9.92. The summed E-state index contributed by atoms with van der Waals surface area (Å²) in [6, 6.07) is 0. The summed E-state index contributed by atoms with van der Waals surface area (Å²) in [6.07, 6.45) is 7.93. The van der Waals surface area contributed by atoms with Crippen molar-refractivity contribution in [1.29, 1.82) is 0 Å². The van der Waals surface area contributed by atoms with Gasteiger partial charge in [0.2, 0.25) is 0 Å². The Bertz CT molecular complexity index is 386. The van der Waals surface area contributed by atoms with Crippen molar-refractivity contribution < 1.29 is 0 Å². The molecule has 0 amide bonds. The summed E-state index contributed by atoms with van der Waals surface area (Å²) >= 11 is 2.09. The first-order valence-electron chi connectivity index (χ1n) is 9.07. The maximum atomic E-state index is 6.33. The topological polar surface area (TPSA) is 44.9 Å². The van der Waals surface area contributed by atoms with Gasteiger partial charge in [-0.05, 0) is 31.6 Å². The smallest absolute Gasteiger partial charge is 0.191 e. The van der Waals surface area contributed by atoms with Crippen molar-refractivity contribution in [2.45, 2.75) is 51.0 Å². The van der Waals surface area contributed by atoms with Crippen LogP contribution in [0.4, 0.5) is 0 Å². The van der Waals surface area contributed by atoms with Crippen LogP contribution in [0, 0.1) is 5.92 Å². The van der Waals surface area contributed by atoms with Gasteiger partial charge in [-0.3, -0.25) is 9.89 Å². The molecule has 0 spiro atoms. The number of aliphatic imine (C=N–C) groups is 1. The number of piperidine rings is 1. The highest BCUT2D eigenvalue weighted by Crippen LogP contribution is 2.37. The second-order valence-corrected chi connectivity index (χ2v) is 8.62. The molecule has 4 nitrogen and oxygen atoms in total. The summed E-state index contributed by atoms with van der Waals surface area (Å²) < 4.78 is 0. The minimum atomic E-state index is 0.313. The van der Waals surface area contributed by atoms with E-state index < -0.39 is 0 Å². The van der Waals surface area contributed by atoms with Gasteiger partial charge in [0, 0.05) is 43.2 Å². The molecule has 2 N–H and O–H groups in total. The molecule has 1 unspecified atom stereocenters. The summed E-state index contributed by atoms with van der Waals surface area (Å²) in [7, 11) is 0. The number of likely N-dealkylation sites (tertiary alicyclic amines) is 1. The Balaban J connectivity index is 1.64. The molecule has 126 valence electrons. The van der Waals surface area contributed by atoms with Gasteiger partial charge in [-0.2, -0.15) is 11.8 Å². The number of hydrogen-bond acceptors (Lipinski definition) is 3. The Kier molecular flexibility index (Phi) is 5.55. The lowest BCUT2D eigenvalue weighted by Gasteiger charge is -2.43. The van der Waals surface area contributed by atoms with E-state index in [4.69, 9.17) is 10.7 Å². The van der Waals surface area contributed by atoms with Gasteiger partial charge in [0.05, 0.1) is 6.54 Å². The maximum absolute atomic E-state index is 6.33. The molecule has 2 heterocycles. The number of rotatable bonds is 3. The molecule has 0 bridgehead atoms. The van der Waals surface area contributed by atoms with Crippen LogP contribution in [0.15, 0.2) is 4.99 Å². The van der Waals surface area contributed by atoms with Crippen LogP contribution in [-0.2, 0) is 0 Å². The van der Waals surface area contributed by atoms with E-state index in [1.54, 1.807) is 0 Å². The molecule has 1 saturated carbocycles. The van der Waals surface area contributed by atoms with E-state index in [-0.39, 0.29) is 0 Å². The van der Waals surface area contributed by atoms with Gasteiger partial charge in [-0.15, -0.1) is 0 Å². The second kappa shape index (κ2) is 7.43. The van der Waals surface area contributed by atoms with Crippen molar-refractivity contribution >= 4 is 17.7 Å². The van der Waals surface area contributed by atoms with Crippen molar-refractivity contribution in [3.05, 3.63) is 0 Å². The van der Waals surface area contributed by atoms with Crippen LogP contribution >= 0.6 is 11.8 Å². The quantitative estimate of drug-likeness (QED) is 0.639. The molecule has 0 aromatic rings. The highest BCUT2D eigenvalue weighted by atomic mass is 32.2. The van der Waals surface area contributed by atoms with Crippen LogP contribution < -0.4 is 5.73 Å². The van der Waals surface area contributed by atoms with Crippen LogP contribution in [0.5, 0.6) is 0 Å². The summed E-state index contributed by atoms with van der Waals surface area (Å²) in [5.41, 5.74) is 6.64. The molecular weight excluding hydrogens is 292 g/mol. The van der Waals surface area contributed by atoms with Gasteiger partial charge >= 0.3 is 0 Å². The van der Waals surface area contributed by atoms with E-state index in [0.29, 0.717) is 5.54 Å². The SMILES string of the molecule is CC1CCCN(C(N)=NCC2(N3CCSCC3)CCCC2)C1. The summed E-state index contributed by atoms with van der Waals surface area (Å²) in [6.45, 7) is 7.88. The van der Waals surface area contributed by atoms with Gasteiger partial charge in [0.15, 0.2) is 5.96 Å². The van der Waals surface area contributed by atoms with Crippen molar-refractivity contribution in [1.82, 2.24) is 9.80 Å². The fraction of sp³-hybridized carbons (Fsp3) is 0.941. The third-order valence-electron chi connectivity index (χ3n) is 5.73. The average molecular weight is 325 g/mol. The summed E-state index contributed by atoms with van der Waals surface area (Å²) in [5.74, 6) is 4.11. The molecule has 0 aromatic carbocycles. The van der Waals surface area contributed by atoms with Crippen molar-refractivity contribution in [3.63, 3.8) is 0 Å². The average Bonchev–Trinajstić information content (AvgIpc) is 3.04. The molecular formula is C17H32N4S. The monoisotopic (exact) mass is 324 g/mol. The second-order valence-electron chi connectivity index (χ2n) is 7.40. The molecule has 0 radical (unpaired) electrons. The zero-order chi connectivity index (χ0) is 15.4. The van der Waals surface area contributed by atoms with Crippen molar-refractivity contribution in [2.75, 3.05) is 44.2 Å². The largest absolute Gasteiger partial charge is 0.370 e. The minimum absolute atomic E-state index is 0.313. The third kappa shape index (κ3) is 3.73. The predicted molar refractivity (Wildman–Crippen MR) is 96.6 cm³/mol. The van der Waals surface area contributed by atoms with Crippen LogP contribution in [0.1, 0.15) is 45.4 Å². The standard InChI is InChI=1S/C17H32N4S/c1-15-5-4-8-20(13-15)16(18)19-14-17(6-2-3-7-17)21-9-11-22-12-10-21/h15H,2-14H2,1H3,(H2,18,19). The van der Waals surface area contributed by atoms with Gasteiger partial charge < -0.3 is 10.6 Å². The Hall–Kier alpha value is -0.420. The van der Waals surface area contributed by atoms with Gasteiger partial charge in [0.1, 0.15) is 0 Å². The molecule has 3 rings (SSSR count). The highest BCUT2D eigenvalue weighted by molar-refractivity contribution is 7.99. The number of guanidine groups is 1. The van der Waals surface area contributed by atoms with Crippen LogP contribution in [0.25, 0.3) is 0 Å². The lowest BCUT2D eigenvalue weighted by Crippen LogP contribution is -2.53. The first-order chi connectivity index (χ1) is 10.7. The lowest BCUT2D eigenvalue weighted by atomic mass is 9.95. The number of nitrogens with zero attached hydrogens (tertiary/aromatic N) is 3. The van der Waals surface area contributed by atoms with Crippen molar-refractivity contribution in [3.8, 4) is 0 Å². The Morgan fingerprint density at radius 1 is 1.18 bits per heavy atom.